The molecule has 2 N–H and O–H groups in total. The molecule has 0 radical (unpaired) electrons. The van der Waals surface area contributed by atoms with Crippen LogP contribution in [0.1, 0.15) is 39.7 Å². The van der Waals surface area contributed by atoms with Crippen molar-refractivity contribution in [2.45, 2.75) is 32.6 Å². The number of carboxylic acid groups (broad SMARTS) is 1. The van der Waals surface area contributed by atoms with E-state index in [1.54, 1.807) is 23.5 Å². The number of carboxylic acids is 1. The summed E-state index contributed by atoms with van der Waals surface area (Å²) in [5, 5.41) is 11.3. The number of aromatic carboxylic acids is 1. The molecule has 2 aromatic heterocycles. The van der Waals surface area contributed by atoms with Gasteiger partial charge in [-0.3, -0.25) is 0 Å². The quantitative estimate of drug-likeness (QED) is 0.710. The first kappa shape index (κ1) is 13.5. The van der Waals surface area contributed by atoms with E-state index in [2.05, 4.69) is 23.8 Å². The van der Waals surface area contributed by atoms with Crippen molar-refractivity contribution in [2.24, 2.45) is 0 Å². The lowest BCUT2D eigenvalue weighted by molar-refractivity contribution is 0.0697. The van der Waals surface area contributed by atoms with Gasteiger partial charge in [0.15, 0.2) is 0 Å². The standard InChI is InChI=1S/C17H16N2O2S/c1-8-18-14-12(22-8)7-17(2,3)13-10-6-9(16(20)21)4-5-11(10)19-15(13)14/h4-6,19H,7H2,1-3H3,(H,20,21). The predicted octanol–water partition coefficient (Wildman–Crippen LogP) is 4.13. The molecule has 1 aliphatic rings. The Bertz CT molecular complexity index is 934. The van der Waals surface area contributed by atoms with Gasteiger partial charge in [0.2, 0.25) is 0 Å². The predicted molar refractivity (Wildman–Crippen MR) is 87.8 cm³/mol. The first-order chi connectivity index (χ1) is 10.4. The number of aromatic amines is 1. The first-order valence-electron chi connectivity index (χ1n) is 7.23. The summed E-state index contributed by atoms with van der Waals surface area (Å²) in [6.45, 7) is 6.45. The van der Waals surface area contributed by atoms with Crippen molar-refractivity contribution in [3.8, 4) is 11.4 Å². The van der Waals surface area contributed by atoms with Gasteiger partial charge in [-0.05, 0) is 42.5 Å². The molecular formula is C17H16N2O2S. The fourth-order valence-electron chi connectivity index (χ4n) is 3.48. The molecule has 0 unspecified atom stereocenters. The minimum atomic E-state index is -0.893. The van der Waals surface area contributed by atoms with Crippen LogP contribution in [-0.2, 0) is 11.8 Å². The Morgan fingerprint density at radius 2 is 2.18 bits per heavy atom. The minimum absolute atomic E-state index is 0.0450. The normalized spacial score (nSPS) is 15.6. The fourth-order valence-corrected chi connectivity index (χ4v) is 4.65. The summed E-state index contributed by atoms with van der Waals surface area (Å²) in [6.07, 6.45) is 0.936. The summed E-state index contributed by atoms with van der Waals surface area (Å²) in [5.41, 5.74) is 4.52. The third kappa shape index (κ3) is 1.75. The Labute approximate surface area is 131 Å². The number of hydrogen-bond acceptors (Lipinski definition) is 3. The third-order valence-corrected chi connectivity index (χ3v) is 5.34. The van der Waals surface area contributed by atoms with Crippen molar-refractivity contribution in [3.05, 3.63) is 39.2 Å². The number of H-pyrrole nitrogens is 1. The molecule has 0 saturated heterocycles. The van der Waals surface area contributed by atoms with Gasteiger partial charge in [-0.1, -0.05) is 13.8 Å². The van der Waals surface area contributed by atoms with Crippen LogP contribution in [0.15, 0.2) is 18.2 Å². The Morgan fingerprint density at radius 1 is 1.41 bits per heavy atom. The Balaban J connectivity index is 2.09. The topological polar surface area (TPSA) is 66.0 Å². The van der Waals surface area contributed by atoms with Gasteiger partial charge in [-0.2, -0.15) is 0 Å². The number of aryl methyl sites for hydroxylation is 1. The number of hydrogen-bond donors (Lipinski definition) is 2. The molecule has 4 rings (SSSR count). The van der Waals surface area contributed by atoms with Gasteiger partial charge in [0.1, 0.15) is 5.69 Å². The maximum Gasteiger partial charge on any atom is 0.335 e. The largest absolute Gasteiger partial charge is 0.478 e. The van der Waals surface area contributed by atoms with Crippen LogP contribution in [0, 0.1) is 6.92 Å². The van der Waals surface area contributed by atoms with E-state index in [1.807, 2.05) is 13.0 Å². The van der Waals surface area contributed by atoms with Crippen LogP contribution in [0.4, 0.5) is 0 Å². The zero-order valence-electron chi connectivity index (χ0n) is 12.7. The second-order valence-electron chi connectivity index (χ2n) is 6.51. The molecule has 1 aliphatic carbocycles. The molecule has 0 spiro atoms. The van der Waals surface area contributed by atoms with Crippen LogP contribution in [0.25, 0.3) is 22.3 Å². The number of nitrogens with zero attached hydrogens (tertiary/aromatic N) is 1. The lowest BCUT2D eigenvalue weighted by Gasteiger charge is -2.29. The van der Waals surface area contributed by atoms with Crippen LogP contribution >= 0.6 is 11.3 Å². The molecule has 2 heterocycles. The second-order valence-corrected chi connectivity index (χ2v) is 7.79. The zero-order chi connectivity index (χ0) is 15.6. The molecule has 0 atom stereocenters. The van der Waals surface area contributed by atoms with Gasteiger partial charge < -0.3 is 10.1 Å². The second kappa shape index (κ2) is 4.20. The Morgan fingerprint density at radius 3 is 2.91 bits per heavy atom. The van der Waals surface area contributed by atoms with E-state index in [-0.39, 0.29) is 5.41 Å². The highest BCUT2D eigenvalue weighted by Gasteiger charge is 2.36. The van der Waals surface area contributed by atoms with Crippen molar-refractivity contribution in [3.63, 3.8) is 0 Å². The van der Waals surface area contributed by atoms with Crippen molar-refractivity contribution in [1.82, 2.24) is 9.97 Å². The lowest BCUT2D eigenvalue weighted by atomic mass is 9.75. The van der Waals surface area contributed by atoms with Gasteiger partial charge in [0.25, 0.3) is 0 Å². The van der Waals surface area contributed by atoms with E-state index >= 15 is 0 Å². The number of carbonyl (C=O) groups is 1. The average molecular weight is 312 g/mol. The molecule has 0 fully saturated rings. The molecule has 3 aromatic rings. The van der Waals surface area contributed by atoms with E-state index in [1.165, 1.54) is 10.4 Å². The average Bonchev–Trinajstić information content (AvgIpc) is 2.97. The van der Waals surface area contributed by atoms with Crippen LogP contribution in [-0.4, -0.2) is 21.0 Å². The van der Waals surface area contributed by atoms with Gasteiger partial charge in [0, 0.05) is 15.8 Å². The van der Waals surface area contributed by atoms with Crippen molar-refractivity contribution >= 4 is 28.2 Å². The lowest BCUT2D eigenvalue weighted by Crippen LogP contribution is -2.24. The molecule has 0 aliphatic heterocycles. The number of rotatable bonds is 1. The summed E-state index contributed by atoms with van der Waals surface area (Å²) >= 11 is 1.75. The SMILES string of the molecule is Cc1nc2c(s1)CC(C)(C)c1c-2[nH]c2ccc(C(=O)O)cc12. The van der Waals surface area contributed by atoms with Crippen molar-refractivity contribution in [1.29, 1.82) is 0 Å². The van der Waals surface area contributed by atoms with Crippen molar-refractivity contribution < 1.29 is 9.90 Å². The molecule has 0 amide bonds. The van der Waals surface area contributed by atoms with E-state index in [9.17, 15) is 9.90 Å². The van der Waals surface area contributed by atoms with Gasteiger partial charge in [-0.25, -0.2) is 9.78 Å². The molecule has 0 saturated carbocycles. The molecule has 22 heavy (non-hydrogen) atoms. The minimum Gasteiger partial charge on any atom is -0.478 e. The van der Waals surface area contributed by atoms with E-state index in [0.29, 0.717) is 5.56 Å². The molecule has 4 nitrogen and oxygen atoms in total. The van der Waals surface area contributed by atoms with Gasteiger partial charge in [-0.15, -0.1) is 11.3 Å². The summed E-state index contributed by atoms with van der Waals surface area (Å²) in [7, 11) is 0. The number of fused-ring (bicyclic) bond motifs is 5. The van der Waals surface area contributed by atoms with E-state index in [4.69, 9.17) is 0 Å². The van der Waals surface area contributed by atoms with Crippen LogP contribution in [0.5, 0.6) is 0 Å². The number of aromatic nitrogens is 2. The third-order valence-electron chi connectivity index (χ3n) is 4.37. The highest BCUT2D eigenvalue weighted by Crippen LogP contribution is 2.47. The number of thiazole rings is 1. The summed E-state index contributed by atoms with van der Waals surface area (Å²) in [5.74, 6) is -0.893. The summed E-state index contributed by atoms with van der Waals surface area (Å²) < 4.78 is 0. The Kier molecular flexibility index (Phi) is 2.58. The van der Waals surface area contributed by atoms with Crippen LogP contribution < -0.4 is 0 Å². The smallest absolute Gasteiger partial charge is 0.335 e. The van der Waals surface area contributed by atoms with Crippen LogP contribution in [0.2, 0.25) is 0 Å². The molecule has 112 valence electrons. The van der Waals surface area contributed by atoms with E-state index in [0.717, 1.165) is 33.7 Å². The number of benzene rings is 1. The molecular weight excluding hydrogens is 296 g/mol. The maximum absolute atomic E-state index is 11.3. The molecule has 1 aromatic carbocycles. The monoisotopic (exact) mass is 312 g/mol. The van der Waals surface area contributed by atoms with Gasteiger partial charge >= 0.3 is 5.97 Å². The van der Waals surface area contributed by atoms with E-state index < -0.39 is 5.97 Å². The first-order valence-corrected chi connectivity index (χ1v) is 8.04. The summed E-state index contributed by atoms with van der Waals surface area (Å²) in [6, 6.07) is 5.28. The maximum atomic E-state index is 11.3. The highest BCUT2D eigenvalue weighted by molar-refractivity contribution is 7.12. The molecule has 0 bridgehead atoms. The fraction of sp³-hybridized carbons (Fsp3) is 0.294. The zero-order valence-corrected chi connectivity index (χ0v) is 13.5. The van der Waals surface area contributed by atoms with Crippen molar-refractivity contribution in [2.75, 3.05) is 0 Å². The van der Waals surface area contributed by atoms with Crippen LogP contribution in [0.3, 0.4) is 0 Å². The summed E-state index contributed by atoms with van der Waals surface area (Å²) in [4.78, 5) is 20.7. The van der Waals surface area contributed by atoms with Gasteiger partial charge in [0.05, 0.1) is 16.3 Å². The Hall–Kier alpha value is -2.14. The molecule has 5 heteroatoms. The highest BCUT2D eigenvalue weighted by atomic mass is 32.1. The number of nitrogens with one attached hydrogen (secondary N) is 1.